The highest BCUT2D eigenvalue weighted by Crippen LogP contribution is 2.64. The summed E-state index contributed by atoms with van der Waals surface area (Å²) in [5, 5.41) is 8.51. The molecule has 0 aromatic heterocycles. The number of urea groups is 1. The van der Waals surface area contributed by atoms with Crippen LogP contribution in [-0.2, 0) is 19.2 Å². The first-order chi connectivity index (χ1) is 17.7. The van der Waals surface area contributed by atoms with E-state index in [1.54, 1.807) is 4.90 Å². The molecular formula is C28H47N5O5. The van der Waals surface area contributed by atoms with Crippen LogP contribution in [0, 0.1) is 17.3 Å². The molecule has 2 heterocycles. The molecule has 3 aliphatic rings. The summed E-state index contributed by atoms with van der Waals surface area (Å²) < 4.78 is 0. The highest BCUT2D eigenvalue weighted by atomic mass is 16.2. The number of Topliss-reactive ketones (excluding diaryl/α,β-unsaturated/α-hetero) is 1. The summed E-state index contributed by atoms with van der Waals surface area (Å²) in [5.74, 6) is -2.49. The van der Waals surface area contributed by atoms with Gasteiger partial charge in [0.25, 0.3) is 5.91 Å². The molecule has 1 aliphatic carbocycles. The lowest BCUT2D eigenvalue weighted by molar-refractivity contribution is -0.143. The molecule has 0 spiro atoms. The van der Waals surface area contributed by atoms with Crippen molar-refractivity contribution in [2.24, 2.45) is 23.0 Å². The SMILES string of the molecule is CC(C)(C)NC(=O)N[C@@H]1CCCCCCCCCC[C@H](C(=O)C(N)=O)NC(=O)[C@@H]2[C@@H]3[C@H](CN2C1=O)C3(C)C. The molecule has 0 aromatic rings. The number of carbonyl (C=O) groups is 5. The summed E-state index contributed by atoms with van der Waals surface area (Å²) in [5.41, 5.74) is 4.71. The van der Waals surface area contributed by atoms with Gasteiger partial charge in [0.05, 0.1) is 6.04 Å². The van der Waals surface area contributed by atoms with Crippen molar-refractivity contribution in [1.29, 1.82) is 0 Å². The third-order valence-corrected chi connectivity index (χ3v) is 8.46. The number of rotatable bonds is 3. The van der Waals surface area contributed by atoms with Gasteiger partial charge in [0.2, 0.25) is 17.6 Å². The minimum atomic E-state index is -1.07. The number of piperidine rings is 1. The van der Waals surface area contributed by atoms with Crippen LogP contribution in [0.25, 0.3) is 0 Å². The molecule has 1 saturated carbocycles. The molecule has 0 radical (unpaired) electrons. The maximum absolute atomic E-state index is 13.9. The molecule has 0 bridgehead atoms. The molecular weight excluding hydrogens is 486 g/mol. The van der Waals surface area contributed by atoms with Crippen LogP contribution in [-0.4, -0.2) is 64.6 Å². The molecule has 0 aromatic carbocycles. The van der Waals surface area contributed by atoms with Crippen LogP contribution in [0.3, 0.4) is 0 Å². The first-order valence-electron chi connectivity index (χ1n) is 14.3. The van der Waals surface area contributed by atoms with Gasteiger partial charge in [-0.3, -0.25) is 19.2 Å². The van der Waals surface area contributed by atoms with Crippen LogP contribution < -0.4 is 21.7 Å². The number of ketones is 1. The maximum Gasteiger partial charge on any atom is 0.315 e. The zero-order valence-electron chi connectivity index (χ0n) is 23.7. The number of nitrogens with one attached hydrogen (secondary N) is 3. The standard InChI is InChI=1S/C28H47N5O5/c1-27(2,3)32-26(38)31-19-15-13-11-9-7-6-8-10-12-14-18(22(34)23(29)35)30-24(36)21-20-17(28(20,4)5)16-33(21)25(19)37/h17-21H,6-16H2,1-5H3,(H2,29,35)(H,30,36)(H2,31,32,38)/t17-,18+,19+,20-,21-/m0/s1. The van der Waals surface area contributed by atoms with Gasteiger partial charge < -0.3 is 26.6 Å². The lowest BCUT2D eigenvalue weighted by Crippen LogP contribution is -2.59. The van der Waals surface area contributed by atoms with Crippen molar-refractivity contribution < 1.29 is 24.0 Å². The number of nitrogens with zero attached hydrogens (tertiary/aromatic N) is 1. The summed E-state index contributed by atoms with van der Waals surface area (Å²) in [6.07, 6.45) is 8.37. The van der Waals surface area contributed by atoms with Crippen molar-refractivity contribution in [2.45, 2.75) is 122 Å². The van der Waals surface area contributed by atoms with E-state index in [2.05, 4.69) is 29.8 Å². The van der Waals surface area contributed by atoms with Gasteiger partial charge in [-0.05, 0) is 50.9 Å². The Balaban J connectivity index is 1.86. The van der Waals surface area contributed by atoms with Crippen molar-refractivity contribution >= 4 is 29.5 Å². The molecule has 10 heteroatoms. The second-order valence-electron chi connectivity index (χ2n) is 13.0. The van der Waals surface area contributed by atoms with Crippen LogP contribution >= 0.6 is 0 Å². The fourth-order valence-electron chi connectivity index (χ4n) is 6.26. The molecule has 0 unspecified atom stereocenters. The molecule has 10 nitrogen and oxygen atoms in total. The van der Waals surface area contributed by atoms with Gasteiger partial charge in [0.1, 0.15) is 12.1 Å². The predicted octanol–water partition coefficient (Wildman–Crippen LogP) is 2.39. The van der Waals surface area contributed by atoms with Gasteiger partial charge in [-0.2, -0.15) is 0 Å². The molecule has 2 aliphatic heterocycles. The highest BCUT2D eigenvalue weighted by Gasteiger charge is 2.69. The fraction of sp³-hybridized carbons (Fsp3) is 0.821. The van der Waals surface area contributed by atoms with E-state index < -0.39 is 47.3 Å². The molecule has 38 heavy (non-hydrogen) atoms. The van der Waals surface area contributed by atoms with Gasteiger partial charge in [0, 0.05) is 12.1 Å². The van der Waals surface area contributed by atoms with E-state index in [9.17, 15) is 24.0 Å². The first-order valence-corrected chi connectivity index (χ1v) is 14.3. The number of primary amides is 1. The molecule has 214 valence electrons. The largest absolute Gasteiger partial charge is 0.363 e. The van der Waals surface area contributed by atoms with Crippen LogP contribution in [0.1, 0.15) is 98.8 Å². The lowest BCUT2D eigenvalue weighted by Gasteiger charge is -2.34. The number of carbonyl (C=O) groups excluding carboxylic acids is 5. The Kier molecular flexibility index (Phi) is 9.47. The lowest BCUT2D eigenvalue weighted by atomic mass is 9.97. The van der Waals surface area contributed by atoms with Gasteiger partial charge in [0.15, 0.2) is 0 Å². The Morgan fingerprint density at radius 3 is 2.05 bits per heavy atom. The van der Waals surface area contributed by atoms with Gasteiger partial charge in [-0.15, -0.1) is 0 Å². The Labute approximate surface area is 226 Å². The van der Waals surface area contributed by atoms with Crippen LogP contribution in [0.4, 0.5) is 4.79 Å². The van der Waals surface area contributed by atoms with Crippen molar-refractivity contribution in [3.63, 3.8) is 0 Å². The van der Waals surface area contributed by atoms with Crippen LogP contribution in [0.5, 0.6) is 0 Å². The molecule has 3 rings (SSSR count). The average molecular weight is 534 g/mol. The monoisotopic (exact) mass is 533 g/mol. The third-order valence-electron chi connectivity index (χ3n) is 8.46. The van der Waals surface area contributed by atoms with E-state index in [4.69, 9.17) is 5.73 Å². The molecule has 2 saturated heterocycles. The second-order valence-corrected chi connectivity index (χ2v) is 13.0. The van der Waals surface area contributed by atoms with E-state index >= 15 is 0 Å². The topological polar surface area (TPSA) is 151 Å². The minimum absolute atomic E-state index is 0.0538. The fourth-order valence-corrected chi connectivity index (χ4v) is 6.26. The Hall–Kier alpha value is -2.65. The van der Waals surface area contributed by atoms with Crippen molar-refractivity contribution in [3.8, 4) is 0 Å². The Morgan fingerprint density at radius 1 is 0.947 bits per heavy atom. The van der Waals surface area contributed by atoms with E-state index in [-0.39, 0.29) is 23.2 Å². The van der Waals surface area contributed by atoms with Crippen LogP contribution in [0.15, 0.2) is 0 Å². The zero-order chi connectivity index (χ0) is 28.3. The number of fused-ring (bicyclic) bond motifs is 3. The second kappa shape index (κ2) is 12.0. The molecule has 5 atom stereocenters. The normalized spacial score (nSPS) is 30.8. The number of hydrogen-bond acceptors (Lipinski definition) is 5. The summed E-state index contributed by atoms with van der Waals surface area (Å²) in [6.45, 7) is 10.2. The summed E-state index contributed by atoms with van der Waals surface area (Å²) >= 11 is 0. The van der Waals surface area contributed by atoms with E-state index in [1.807, 2.05) is 20.8 Å². The summed E-state index contributed by atoms with van der Waals surface area (Å²) in [6, 6.07) is -2.94. The third kappa shape index (κ3) is 7.26. The zero-order valence-corrected chi connectivity index (χ0v) is 23.7. The van der Waals surface area contributed by atoms with Gasteiger partial charge in [-0.1, -0.05) is 65.2 Å². The quantitative estimate of drug-likeness (QED) is 0.411. The van der Waals surface area contributed by atoms with Crippen LogP contribution in [0.2, 0.25) is 0 Å². The number of nitrogens with two attached hydrogens (primary N) is 1. The number of hydrogen-bond donors (Lipinski definition) is 4. The molecule has 5 N–H and O–H groups in total. The summed E-state index contributed by atoms with van der Waals surface area (Å²) in [7, 11) is 0. The Bertz CT molecular complexity index is 927. The van der Waals surface area contributed by atoms with Gasteiger partial charge >= 0.3 is 6.03 Å². The van der Waals surface area contributed by atoms with E-state index in [0.717, 1.165) is 44.9 Å². The smallest absolute Gasteiger partial charge is 0.315 e. The predicted molar refractivity (Wildman–Crippen MR) is 144 cm³/mol. The van der Waals surface area contributed by atoms with Crippen molar-refractivity contribution in [1.82, 2.24) is 20.9 Å². The molecule has 5 amide bonds. The van der Waals surface area contributed by atoms with Gasteiger partial charge in [-0.25, -0.2) is 4.79 Å². The van der Waals surface area contributed by atoms with E-state index in [0.29, 0.717) is 25.8 Å². The number of amides is 5. The average Bonchev–Trinajstić information content (AvgIpc) is 3.14. The Morgan fingerprint density at radius 2 is 1.50 bits per heavy atom. The van der Waals surface area contributed by atoms with Crippen molar-refractivity contribution in [2.75, 3.05) is 6.54 Å². The highest BCUT2D eigenvalue weighted by molar-refractivity contribution is 6.37. The van der Waals surface area contributed by atoms with E-state index in [1.165, 1.54) is 0 Å². The van der Waals surface area contributed by atoms with Crippen molar-refractivity contribution in [3.05, 3.63) is 0 Å². The minimum Gasteiger partial charge on any atom is -0.363 e. The molecule has 3 fully saturated rings. The summed E-state index contributed by atoms with van der Waals surface area (Å²) in [4.78, 5) is 66.1. The first kappa shape index (κ1) is 29.9. The maximum atomic E-state index is 13.9.